The van der Waals surface area contributed by atoms with E-state index in [0.29, 0.717) is 5.65 Å². The predicted octanol–water partition coefficient (Wildman–Crippen LogP) is 1.45. The lowest BCUT2D eigenvalue weighted by atomic mass is 10.3. The lowest BCUT2D eigenvalue weighted by Crippen LogP contribution is -2.41. The number of ether oxygens (including phenoxy) is 1. The first kappa shape index (κ1) is 9.59. The van der Waals surface area contributed by atoms with Gasteiger partial charge in [0.25, 0.3) is 0 Å². The molecule has 0 unspecified atom stereocenters. The zero-order valence-electron chi connectivity index (χ0n) is 9.09. The smallest absolute Gasteiger partial charge is 0.200 e. The van der Waals surface area contributed by atoms with Gasteiger partial charge in [0.15, 0.2) is 17.6 Å². The molecule has 1 aliphatic rings. The zero-order valence-corrected chi connectivity index (χ0v) is 9.09. The molecule has 0 N–H and O–H groups in total. The minimum Gasteiger partial charge on any atom is -0.442 e. The van der Waals surface area contributed by atoms with Gasteiger partial charge < -0.3 is 14.1 Å². The number of nitrogens with zero attached hydrogens (tertiary/aromatic N) is 3. The maximum Gasteiger partial charge on any atom is 0.200 e. The Labute approximate surface area is 93.0 Å². The van der Waals surface area contributed by atoms with Crippen molar-refractivity contribution in [2.24, 2.45) is 0 Å². The molecule has 0 bridgehead atoms. The van der Waals surface area contributed by atoms with Crippen molar-refractivity contribution in [1.82, 2.24) is 9.97 Å². The molecule has 0 aliphatic carbocycles. The molecule has 0 aromatic carbocycles. The van der Waals surface area contributed by atoms with E-state index >= 15 is 0 Å². The van der Waals surface area contributed by atoms with E-state index in [4.69, 9.17) is 9.15 Å². The lowest BCUT2D eigenvalue weighted by Gasteiger charge is -2.31. The zero-order chi connectivity index (χ0) is 11.0. The van der Waals surface area contributed by atoms with Gasteiger partial charge in [-0.2, -0.15) is 4.98 Å². The molecular weight excluding hydrogens is 206 g/mol. The number of morpholine rings is 1. The van der Waals surface area contributed by atoms with Crippen molar-refractivity contribution in [2.75, 3.05) is 24.6 Å². The number of pyridine rings is 1. The van der Waals surface area contributed by atoms with E-state index in [2.05, 4.69) is 21.8 Å². The van der Waals surface area contributed by atoms with E-state index < -0.39 is 0 Å². The minimum atomic E-state index is 0.253. The summed E-state index contributed by atoms with van der Waals surface area (Å²) in [6.45, 7) is 4.57. The number of aromatic nitrogens is 2. The topological polar surface area (TPSA) is 51.4 Å². The Kier molecular flexibility index (Phi) is 2.25. The molecule has 5 nitrogen and oxygen atoms in total. The van der Waals surface area contributed by atoms with Crippen LogP contribution in [0.3, 0.4) is 0 Å². The van der Waals surface area contributed by atoms with E-state index in [0.717, 1.165) is 31.1 Å². The Morgan fingerprint density at radius 2 is 2.38 bits per heavy atom. The molecule has 3 heterocycles. The summed E-state index contributed by atoms with van der Waals surface area (Å²) in [6.07, 6.45) is 1.67. The van der Waals surface area contributed by atoms with Gasteiger partial charge in [-0.1, -0.05) is 0 Å². The van der Waals surface area contributed by atoms with Crippen molar-refractivity contribution >= 4 is 17.0 Å². The molecule has 0 saturated carbocycles. The highest BCUT2D eigenvalue weighted by atomic mass is 16.5. The second kappa shape index (κ2) is 3.75. The van der Waals surface area contributed by atoms with E-state index in [1.165, 1.54) is 6.39 Å². The van der Waals surface area contributed by atoms with Gasteiger partial charge in [0.2, 0.25) is 0 Å². The van der Waals surface area contributed by atoms with Crippen LogP contribution in [-0.2, 0) is 4.74 Å². The number of fused-ring (bicyclic) bond motifs is 1. The Hall–Kier alpha value is -1.62. The van der Waals surface area contributed by atoms with Gasteiger partial charge in [0, 0.05) is 13.1 Å². The Bertz CT molecular complexity index is 497. The van der Waals surface area contributed by atoms with Crippen LogP contribution in [0.2, 0.25) is 0 Å². The summed E-state index contributed by atoms with van der Waals surface area (Å²) in [5, 5.41) is 0. The van der Waals surface area contributed by atoms with Crippen LogP contribution in [0.25, 0.3) is 11.2 Å². The van der Waals surface area contributed by atoms with E-state index in [1.807, 2.05) is 12.1 Å². The highest BCUT2D eigenvalue weighted by Crippen LogP contribution is 2.19. The largest absolute Gasteiger partial charge is 0.442 e. The monoisotopic (exact) mass is 219 g/mol. The first-order chi connectivity index (χ1) is 7.83. The Morgan fingerprint density at radius 3 is 3.25 bits per heavy atom. The molecule has 2 aromatic rings. The molecule has 2 aromatic heterocycles. The van der Waals surface area contributed by atoms with Crippen LogP contribution in [0.4, 0.5) is 5.82 Å². The molecule has 0 radical (unpaired) electrons. The standard InChI is InChI=1S/C11H13N3O2/c1-8-6-14(4-5-15-8)10-3-2-9-11(13-10)12-7-16-9/h2-3,7-8H,4-6H2,1H3/t8-/m0/s1. The summed E-state index contributed by atoms with van der Waals surface area (Å²) >= 11 is 0. The van der Waals surface area contributed by atoms with Crippen LogP contribution in [0.5, 0.6) is 0 Å². The van der Waals surface area contributed by atoms with E-state index in [9.17, 15) is 0 Å². The molecule has 84 valence electrons. The third-order valence-electron chi connectivity index (χ3n) is 2.74. The summed E-state index contributed by atoms with van der Waals surface area (Å²) in [6, 6.07) is 3.87. The summed E-state index contributed by atoms with van der Waals surface area (Å²) in [5.74, 6) is 0.941. The first-order valence-electron chi connectivity index (χ1n) is 5.40. The fraction of sp³-hybridized carbons (Fsp3) is 0.455. The molecule has 1 atom stereocenters. The van der Waals surface area contributed by atoms with Crippen LogP contribution in [0, 0.1) is 0 Å². The van der Waals surface area contributed by atoms with Crippen molar-refractivity contribution in [1.29, 1.82) is 0 Å². The minimum absolute atomic E-state index is 0.253. The number of hydrogen-bond acceptors (Lipinski definition) is 5. The molecule has 1 aliphatic heterocycles. The Morgan fingerprint density at radius 1 is 1.44 bits per heavy atom. The van der Waals surface area contributed by atoms with Crippen molar-refractivity contribution in [3.63, 3.8) is 0 Å². The normalized spacial score (nSPS) is 21.6. The summed E-state index contributed by atoms with van der Waals surface area (Å²) in [4.78, 5) is 10.7. The van der Waals surface area contributed by atoms with Crippen molar-refractivity contribution in [3.05, 3.63) is 18.5 Å². The van der Waals surface area contributed by atoms with Crippen LogP contribution >= 0.6 is 0 Å². The van der Waals surface area contributed by atoms with Crippen LogP contribution in [0.15, 0.2) is 22.9 Å². The summed E-state index contributed by atoms with van der Waals surface area (Å²) < 4.78 is 10.7. The number of hydrogen-bond donors (Lipinski definition) is 0. The van der Waals surface area contributed by atoms with Crippen LogP contribution < -0.4 is 4.90 Å². The van der Waals surface area contributed by atoms with E-state index in [-0.39, 0.29) is 6.10 Å². The summed E-state index contributed by atoms with van der Waals surface area (Å²) in [5.41, 5.74) is 1.39. The van der Waals surface area contributed by atoms with Gasteiger partial charge >= 0.3 is 0 Å². The quantitative estimate of drug-likeness (QED) is 0.726. The molecule has 3 rings (SSSR count). The van der Waals surface area contributed by atoms with Gasteiger partial charge in [0.05, 0.1) is 12.7 Å². The van der Waals surface area contributed by atoms with Crippen molar-refractivity contribution in [3.8, 4) is 0 Å². The van der Waals surface area contributed by atoms with Crippen LogP contribution in [-0.4, -0.2) is 35.8 Å². The lowest BCUT2D eigenvalue weighted by molar-refractivity contribution is 0.0529. The Balaban J connectivity index is 1.92. The highest BCUT2D eigenvalue weighted by Gasteiger charge is 2.18. The molecule has 0 amide bonds. The highest BCUT2D eigenvalue weighted by molar-refractivity contribution is 5.70. The van der Waals surface area contributed by atoms with Crippen molar-refractivity contribution < 1.29 is 9.15 Å². The van der Waals surface area contributed by atoms with Gasteiger partial charge in [-0.25, -0.2) is 4.98 Å². The number of rotatable bonds is 1. The maximum absolute atomic E-state index is 5.50. The van der Waals surface area contributed by atoms with Gasteiger partial charge in [-0.05, 0) is 19.1 Å². The second-order valence-corrected chi connectivity index (χ2v) is 3.97. The van der Waals surface area contributed by atoms with Crippen LogP contribution in [0.1, 0.15) is 6.92 Å². The number of anilines is 1. The molecule has 1 saturated heterocycles. The average Bonchev–Trinajstić information content (AvgIpc) is 2.75. The third-order valence-corrected chi connectivity index (χ3v) is 2.74. The second-order valence-electron chi connectivity index (χ2n) is 3.97. The van der Waals surface area contributed by atoms with Gasteiger partial charge in [-0.3, -0.25) is 0 Å². The molecule has 1 fully saturated rings. The molecule has 16 heavy (non-hydrogen) atoms. The molecular formula is C11H13N3O2. The molecule has 0 spiro atoms. The average molecular weight is 219 g/mol. The predicted molar refractivity (Wildman–Crippen MR) is 59.4 cm³/mol. The third kappa shape index (κ3) is 1.63. The van der Waals surface area contributed by atoms with E-state index in [1.54, 1.807) is 0 Å². The van der Waals surface area contributed by atoms with Gasteiger partial charge in [-0.15, -0.1) is 0 Å². The maximum atomic E-state index is 5.50. The fourth-order valence-electron chi connectivity index (χ4n) is 1.95. The SMILES string of the molecule is C[C@H]1CN(c2ccc3ocnc3n2)CCO1. The van der Waals surface area contributed by atoms with Gasteiger partial charge in [0.1, 0.15) is 5.82 Å². The summed E-state index contributed by atoms with van der Waals surface area (Å²) in [7, 11) is 0. The first-order valence-corrected chi connectivity index (χ1v) is 5.40. The van der Waals surface area contributed by atoms with Crippen molar-refractivity contribution in [2.45, 2.75) is 13.0 Å². The fourth-order valence-corrected chi connectivity index (χ4v) is 1.95. The number of oxazole rings is 1. The molecule has 5 heteroatoms.